The normalized spacial score (nSPS) is 26.4. The van der Waals surface area contributed by atoms with Crippen LogP contribution in [-0.4, -0.2) is 42.9 Å². The third-order valence-electron chi connectivity index (χ3n) is 2.11. The molecule has 1 heterocycles. The van der Waals surface area contributed by atoms with Crippen molar-refractivity contribution in [1.82, 2.24) is 10.2 Å². The maximum Gasteiger partial charge on any atom is 0.164 e. The van der Waals surface area contributed by atoms with E-state index in [1.54, 1.807) is 0 Å². The number of rotatable bonds is 3. The Hall–Kier alpha value is -0.410. The minimum Gasteiger partial charge on any atom is -0.307 e. The van der Waals surface area contributed by atoms with Gasteiger partial charge in [-0.3, -0.25) is 9.69 Å². The van der Waals surface area contributed by atoms with Crippen molar-refractivity contribution in [2.24, 2.45) is 0 Å². The number of carbonyl (C=O) groups excluding carboxylic acids is 1. The summed E-state index contributed by atoms with van der Waals surface area (Å²) in [4.78, 5) is 13.4. The van der Waals surface area contributed by atoms with Crippen molar-refractivity contribution in [2.45, 2.75) is 19.9 Å². The van der Waals surface area contributed by atoms with Crippen LogP contribution in [-0.2, 0) is 4.79 Å². The molecule has 1 saturated heterocycles. The highest BCUT2D eigenvalue weighted by molar-refractivity contribution is 5.88. The average Bonchev–Trinajstić information content (AvgIpc) is 2.33. The summed E-state index contributed by atoms with van der Waals surface area (Å²) in [6, 6.07) is 0.0972. The maximum atomic E-state index is 11.2. The molecule has 0 aliphatic carbocycles. The minimum absolute atomic E-state index is 0. The van der Waals surface area contributed by atoms with Crippen LogP contribution in [0.5, 0.6) is 0 Å². The van der Waals surface area contributed by atoms with Gasteiger partial charge in [-0.2, -0.15) is 0 Å². The van der Waals surface area contributed by atoms with Crippen molar-refractivity contribution in [1.29, 1.82) is 0 Å². The molecule has 0 spiro atoms. The number of nitrogens with one attached hydrogen (secondary N) is 1. The van der Waals surface area contributed by atoms with Crippen LogP contribution in [0.2, 0.25) is 0 Å². The summed E-state index contributed by atoms with van der Waals surface area (Å²) < 4.78 is 0. The summed E-state index contributed by atoms with van der Waals surface area (Å²) in [7, 11) is 0. The molecule has 0 radical (unpaired) electrons. The SMILES string of the molecule is CCNC1CN(CC)CC1=O.[HH]. The predicted molar refractivity (Wildman–Crippen MR) is 46.7 cm³/mol. The molecule has 0 aromatic carbocycles. The van der Waals surface area contributed by atoms with Crippen LogP contribution in [0.4, 0.5) is 0 Å². The summed E-state index contributed by atoms with van der Waals surface area (Å²) in [5.74, 6) is 0.341. The number of hydrogen-bond acceptors (Lipinski definition) is 3. The first-order chi connectivity index (χ1) is 5.27. The third-order valence-corrected chi connectivity index (χ3v) is 2.11. The molecule has 0 aromatic rings. The quantitative estimate of drug-likeness (QED) is 0.633. The molecule has 1 rings (SSSR count). The predicted octanol–water partition coefficient (Wildman–Crippen LogP) is 0.115. The first-order valence-electron chi connectivity index (χ1n) is 4.26. The Balaban J connectivity index is 0.00000121. The molecular weight excluding hydrogens is 140 g/mol. The molecule has 66 valence electrons. The monoisotopic (exact) mass is 158 g/mol. The highest BCUT2D eigenvalue weighted by Crippen LogP contribution is 2.03. The molecule has 1 aliphatic heterocycles. The standard InChI is InChI=1S/C8H16N2O.H2/c1-3-9-7-5-10(4-2)6-8(7)11;/h7,9H,3-6H2,1-2H3;1H. The number of carbonyl (C=O) groups is 1. The summed E-state index contributed by atoms with van der Waals surface area (Å²) in [6.07, 6.45) is 0. The lowest BCUT2D eigenvalue weighted by molar-refractivity contribution is -0.118. The smallest absolute Gasteiger partial charge is 0.164 e. The van der Waals surface area contributed by atoms with Crippen LogP contribution in [0.1, 0.15) is 15.3 Å². The Morgan fingerprint density at radius 3 is 2.91 bits per heavy atom. The van der Waals surface area contributed by atoms with E-state index in [1.165, 1.54) is 0 Å². The Bertz CT molecular complexity index is 152. The summed E-state index contributed by atoms with van der Waals surface area (Å²) in [6.45, 7) is 7.50. The average molecular weight is 158 g/mol. The Morgan fingerprint density at radius 2 is 2.45 bits per heavy atom. The second-order valence-corrected chi connectivity index (χ2v) is 2.90. The van der Waals surface area contributed by atoms with E-state index in [0.717, 1.165) is 19.6 Å². The van der Waals surface area contributed by atoms with Crippen molar-refractivity contribution in [3.63, 3.8) is 0 Å². The minimum atomic E-state index is 0. The van der Waals surface area contributed by atoms with Crippen LogP contribution in [0.3, 0.4) is 0 Å². The number of hydrogen-bond donors (Lipinski definition) is 1. The molecule has 1 aliphatic rings. The van der Waals surface area contributed by atoms with Gasteiger partial charge in [0, 0.05) is 7.97 Å². The second kappa shape index (κ2) is 3.83. The van der Waals surface area contributed by atoms with Gasteiger partial charge < -0.3 is 5.32 Å². The van der Waals surface area contributed by atoms with E-state index < -0.39 is 0 Å². The number of nitrogens with zero attached hydrogens (tertiary/aromatic N) is 1. The highest BCUT2D eigenvalue weighted by Gasteiger charge is 2.28. The van der Waals surface area contributed by atoms with Crippen LogP contribution >= 0.6 is 0 Å². The van der Waals surface area contributed by atoms with Crippen molar-refractivity contribution in [3.8, 4) is 0 Å². The van der Waals surface area contributed by atoms with Crippen LogP contribution < -0.4 is 5.32 Å². The molecule has 1 unspecified atom stereocenters. The zero-order valence-corrected chi connectivity index (χ0v) is 7.26. The van der Waals surface area contributed by atoms with E-state index in [2.05, 4.69) is 17.1 Å². The molecule has 0 bridgehead atoms. The van der Waals surface area contributed by atoms with Crippen molar-refractivity contribution in [3.05, 3.63) is 0 Å². The molecule has 0 saturated carbocycles. The Kier molecular flexibility index (Phi) is 3.02. The van der Waals surface area contributed by atoms with Crippen LogP contribution in [0.15, 0.2) is 0 Å². The molecule has 3 heteroatoms. The lowest BCUT2D eigenvalue weighted by Crippen LogP contribution is -2.36. The van der Waals surface area contributed by atoms with Gasteiger partial charge >= 0.3 is 0 Å². The number of likely N-dealkylation sites (N-methyl/N-ethyl adjacent to an activating group) is 2. The molecule has 0 aromatic heterocycles. The second-order valence-electron chi connectivity index (χ2n) is 2.90. The third kappa shape index (κ3) is 2.01. The van der Waals surface area contributed by atoms with Gasteiger partial charge in [0.15, 0.2) is 5.78 Å². The topological polar surface area (TPSA) is 32.3 Å². The number of Topliss-reactive ketones (excluding diaryl/α,β-unsaturated/α-hetero) is 1. The fourth-order valence-electron chi connectivity index (χ4n) is 1.42. The molecule has 1 atom stereocenters. The zero-order valence-electron chi connectivity index (χ0n) is 7.26. The fourth-order valence-corrected chi connectivity index (χ4v) is 1.42. The van der Waals surface area contributed by atoms with Crippen molar-refractivity contribution in [2.75, 3.05) is 26.2 Å². The molecule has 1 fully saturated rings. The van der Waals surface area contributed by atoms with Gasteiger partial charge in [0.25, 0.3) is 0 Å². The summed E-state index contributed by atoms with van der Waals surface area (Å²) >= 11 is 0. The largest absolute Gasteiger partial charge is 0.307 e. The van der Waals surface area contributed by atoms with Gasteiger partial charge in [-0.1, -0.05) is 13.8 Å². The van der Waals surface area contributed by atoms with Crippen LogP contribution in [0, 0.1) is 0 Å². The van der Waals surface area contributed by atoms with Gasteiger partial charge in [0.1, 0.15) is 0 Å². The van der Waals surface area contributed by atoms with E-state index in [-0.39, 0.29) is 7.47 Å². The van der Waals surface area contributed by atoms with Gasteiger partial charge in [0.2, 0.25) is 0 Å². The van der Waals surface area contributed by atoms with E-state index in [1.807, 2.05) is 6.92 Å². The van der Waals surface area contributed by atoms with Gasteiger partial charge in [-0.15, -0.1) is 0 Å². The van der Waals surface area contributed by atoms with E-state index in [0.29, 0.717) is 12.3 Å². The lowest BCUT2D eigenvalue weighted by atomic mass is 10.2. The molecule has 11 heavy (non-hydrogen) atoms. The molecule has 0 amide bonds. The van der Waals surface area contributed by atoms with E-state index in [4.69, 9.17) is 0 Å². The number of likely N-dealkylation sites (tertiary alicyclic amines) is 1. The van der Waals surface area contributed by atoms with Gasteiger partial charge in [0.05, 0.1) is 12.6 Å². The van der Waals surface area contributed by atoms with Crippen molar-refractivity contribution < 1.29 is 6.22 Å². The maximum absolute atomic E-state index is 11.2. The van der Waals surface area contributed by atoms with Crippen LogP contribution in [0.25, 0.3) is 0 Å². The van der Waals surface area contributed by atoms with Gasteiger partial charge in [-0.05, 0) is 13.1 Å². The molecule has 3 nitrogen and oxygen atoms in total. The number of ketones is 1. The summed E-state index contributed by atoms with van der Waals surface area (Å²) in [5.41, 5.74) is 0. The van der Waals surface area contributed by atoms with Gasteiger partial charge in [-0.25, -0.2) is 0 Å². The first kappa shape index (κ1) is 8.68. The fraction of sp³-hybridized carbons (Fsp3) is 0.875. The van der Waals surface area contributed by atoms with E-state index >= 15 is 0 Å². The molecule has 1 N–H and O–H groups in total. The van der Waals surface area contributed by atoms with Crippen molar-refractivity contribution >= 4 is 5.78 Å². The Morgan fingerprint density at radius 1 is 1.73 bits per heavy atom. The Labute approximate surface area is 69.2 Å². The zero-order chi connectivity index (χ0) is 8.27. The first-order valence-corrected chi connectivity index (χ1v) is 4.26. The van der Waals surface area contributed by atoms with E-state index in [9.17, 15) is 4.79 Å². The lowest BCUT2D eigenvalue weighted by Gasteiger charge is -2.11. The summed E-state index contributed by atoms with van der Waals surface area (Å²) in [5, 5.41) is 3.17. The molecular formula is C8H18N2O. The highest BCUT2D eigenvalue weighted by atomic mass is 16.1.